The third-order valence-corrected chi connectivity index (χ3v) is 9.57. The van der Waals surface area contributed by atoms with Crippen molar-refractivity contribution in [3.63, 3.8) is 0 Å². The van der Waals surface area contributed by atoms with E-state index in [0.717, 1.165) is 66.0 Å². The third kappa shape index (κ3) is 5.29. The lowest BCUT2D eigenvalue weighted by molar-refractivity contribution is 0.0123. The van der Waals surface area contributed by atoms with E-state index in [4.69, 9.17) is 10.5 Å². The Morgan fingerprint density at radius 2 is 1.85 bits per heavy atom. The van der Waals surface area contributed by atoms with Crippen molar-refractivity contribution in [3.05, 3.63) is 52.0 Å². The molecule has 1 aliphatic carbocycles. The first-order chi connectivity index (χ1) is 19.1. The lowest BCUT2D eigenvalue weighted by atomic mass is 9.87. The molecule has 0 saturated carbocycles. The van der Waals surface area contributed by atoms with Crippen molar-refractivity contribution in [3.8, 4) is 0 Å². The molecule has 3 atom stereocenters. The van der Waals surface area contributed by atoms with Crippen LogP contribution in [0.15, 0.2) is 30.3 Å². The van der Waals surface area contributed by atoms with E-state index in [0.29, 0.717) is 18.3 Å². The van der Waals surface area contributed by atoms with Crippen LogP contribution >= 0.6 is 11.3 Å². The van der Waals surface area contributed by atoms with E-state index in [1.807, 2.05) is 31.7 Å². The highest BCUT2D eigenvalue weighted by Gasteiger charge is 2.44. The zero-order valence-corrected chi connectivity index (χ0v) is 24.6. The molecule has 0 radical (unpaired) electrons. The van der Waals surface area contributed by atoms with Crippen molar-refractivity contribution in [2.75, 3.05) is 23.7 Å². The number of pyridine rings is 1. The van der Waals surface area contributed by atoms with E-state index >= 15 is 0 Å². The van der Waals surface area contributed by atoms with Crippen LogP contribution < -0.4 is 16.0 Å². The Bertz CT molecular complexity index is 1450. The van der Waals surface area contributed by atoms with E-state index < -0.39 is 5.60 Å². The minimum atomic E-state index is -0.471. The first kappa shape index (κ1) is 27.0. The summed E-state index contributed by atoms with van der Waals surface area (Å²) in [6.45, 7) is 9.74. The number of nitrogens with zero attached hydrogens (tertiary/aromatic N) is 3. The van der Waals surface area contributed by atoms with Gasteiger partial charge in [0.2, 0.25) is 0 Å². The van der Waals surface area contributed by atoms with Gasteiger partial charge in [-0.3, -0.25) is 9.69 Å². The number of nitrogens with two attached hydrogens (primary N) is 1. The zero-order chi connectivity index (χ0) is 28.2. The summed E-state index contributed by atoms with van der Waals surface area (Å²) in [7, 11) is 0. The van der Waals surface area contributed by atoms with Gasteiger partial charge in [-0.05, 0) is 88.3 Å². The predicted octanol–water partition coefficient (Wildman–Crippen LogP) is 5.32. The molecule has 2 aromatic heterocycles. The second-order valence-corrected chi connectivity index (χ2v) is 13.6. The van der Waals surface area contributed by atoms with Crippen LogP contribution in [0.4, 0.5) is 16.2 Å². The van der Waals surface area contributed by atoms with Gasteiger partial charge >= 0.3 is 6.09 Å². The molecule has 2 saturated heterocycles. The zero-order valence-electron chi connectivity index (χ0n) is 23.8. The van der Waals surface area contributed by atoms with Crippen LogP contribution in [-0.2, 0) is 24.1 Å². The highest BCUT2D eigenvalue weighted by molar-refractivity contribution is 7.19. The van der Waals surface area contributed by atoms with Gasteiger partial charge < -0.3 is 20.7 Å². The topological polar surface area (TPSA) is 101 Å². The van der Waals surface area contributed by atoms with Gasteiger partial charge in [-0.1, -0.05) is 6.07 Å². The summed E-state index contributed by atoms with van der Waals surface area (Å²) in [4.78, 5) is 35.4. The monoisotopic (exact) mass is 561 g/mol. The number of carbonyl (C=O) groups excluding carboxylic acids is 2. The number of ether oxygens (including phenoxy) is 1. The minimum absolute atomic E-state index is 0.0343. The Morgan fingerprint density at radius 1 is 1.10 bits per heavy atom. The van der Waals surface area contributed by atoms with Gasteiger partial charge in [0.1, 0.15) is 16.1 Å². The number of nitrogens with one attached hydrogen (secondary N) is 1. The molecule has 0 spiro atoms. The Kier molecular flexibility index (Phi) is 6.99. The number of benzene rings is 1. The van der Waals surface area contributed by atoms with Gasteiger partial charge in [0.25, 0.3) is 0 Å². The number of anilines is 2. The standard InChI is InChI=1S/C31H39N5O3S/c1-18(37)26-12-11-25-28(32)27(40-29(25)34-26)15-33-21-7-5-20-14-22(8-6-19(20)13-21)35-16-23-9-10-24(17-35)36(23)30(38)39-31(2,3)4/h6,8,11-12,14,21,23-24,33H,5,7,9-10,13,15-17,32H2,1-4H3/t21-,23-,24+/m0/s1. The molecule has 1 aromatic carbocycles. The molecule has 212 valence electrons. The number of ketones is 1. The first-order valence-corrected chi connectivity index (χ1v) is 15.2. The highest BCUT2D eigenvalue weighted by Crippen LogP contribution is 2.36. The summed E-state index contributed by atoms with van der Waals surface area (Å²) >= 11 is 1.57. The number of hydrogen-bond donors (Lipinski definition) is 2. The van der Waals surface area contributed by atoms with Crippen molar-refractivity contribution in [1.29, 1.82) is 0 Å². The number of rotatable bonds is 5. The number of Topliss-reactive ketones (excluding diaryl/α,β-unsaturated/α-hetero) is 1. The number of nitrogen functional groups attached to an aromatic ring is 1. The predicted molar refractivity (Wildman–Crippen MR) is 160 cm³/mol. The van der Waals surface area contributed by atoms with Crippen LogP contribution in [0, 0.1) is 0 Å². The van der Waals surface area contributed by atoms with Gasteiger partial charge in [-0.2, -0.15) is 0 Å². The molecule has 0 unspecified atom stereocenters. The first-order valence-electron chi connectivity index (χ1n) is 14.4. The quantitative estimate of drug-likeness (QED) is 0.407. The molecule has 2 aliphatic heterocycles. The lowest BCUT2D eigenvalue weighted by Gasteiger charge is -2.42. The minimum Gasteiger partial charge on any atom is -0.444 e. The SMILES string of the molecule is CC(=O)c1ccc2c(N)c(CN[C@H]3CCc4cc(N5C[C@H]6CC[C@@H](C5)N6C(=O)OC(C)(C)C)ccc4C3)sc2n1. The second kappa shape index (κ2) is 10.3. The van der Waals surface area contributed by atoms with Crippen LogP contribution in [0.5, 0.6) is 0 Å². The maximum Gasteiger partial charge on any atom is 0.410 e. The number of carbonyl (C=O) groups is 2. The van der Waals surface area contributed by atoms with E-state index in [1.165, 1.54) is 23.7 Å². The molecule has 8 nitrogen and oxygen atoms in total. The summed E-state index contributed by atoms with van der Waals surface area (Å²) in [6, 6.07) is 11.4. The Hall–Kier alpha value is -3.17. The van der Waals surface area contributed by atoms with Crippen LogP contribution in [0.3, 0.4) is 0 Å². The molecule has 3 aliphatic rings. The average molecular weight is 562 g/mol. The molecule has 3 aromatic rings. The largest absolute Gasteiger partial charge is 0.444 e. The van der Waals surface area contributed by atoms with Gasteiger partial charge in [-0.25, -0.2) is 9.78 Å². The Morgan fingerprint density at radius 3 is 2.55 bits per heavy atom. The van der Waals surface area contributed by atoms with Crippen LogP contribution in [0.1, 0.15) is 73.4 Å². The van der Waals surface area contributed by atoms with Gasteiger partial charge in [0, 0.05) is 48.6 Å². The fraction of sp³-hybridized carbons (Fsp3) is 0.516. The molecule has 2 bridgehead atoms. The number of piperazine rings is 1. The number of fused-ring (bicyclic) bond motifs is 4. The maximum atomic E-state index is 12.8. The summed E-state index contributed by atoms with van der Waals surface area (Å²) in [5.41, 5.74) is 11.3. The molecular weight excluding hydrogens is 522 g/mol. The van der Waals surface area contributed by atoms with Crippen molar-refractivity contribution < 1.29 is 14.3 Å². The van der Waals surface area contributed by atoms with E-state index in [9.17, 15) is 9.59 Å². The smallest absolute Gasteiger partial charge is 0.410 e. The highest BCUT2D eigenvalue weighted by atomic mass is 32.1. The van der Waals surface area contributed by atoms with E-state index in [1.54, 1.807) is 17.4 Å². The van der Waals surface area contributed by atoms with Crippen molar-refractivity contribution >= 4 is 44.8 Å². The lowest BCUT2D eigenvalue weighted by Crippen LogP contribution is -2.56. The van der Waals surface area contributed by atoms with Crippen molar-refractivity contribution in [2.24, 2.45) is 0 Å². The van der Waals surface area contributed by atoms with Gasteiger partial charge in [0.05, 0.1) is 17.8 Å². The summed E-state index contributed by atoms with van der Waals surface area (Å²) in [5.74, 6) is -0.0343. The van der Waals surface area contributed by atoms with Crippen molar-refractivity contribution in [2.45, 2.75) is 90.1 Å². The molecule has 4 heterocycles. The molecule has 40 heavy (non-hydrogen) atoms. The Labute approximate surface area is 239 Å². The van der Waals surface area contributed by atoms with E-state index in [2.05, 4.69) is 33.4 Å². The summed E-state index contributed by atoms with van der Waals surface area (Å²) in [6.07, 6.45) is 5.01. The van der Waals surface area contributed by atoms with Crippen LogP contribution in [0.2, 0.25) is 0 Å². The molecule has 6 rings (SSSR count). The fourth-order valence-corrected chi connectivity index (χ4v) is 7.49. The third-order valence-electron chi connectivity index (χ3n) is 8.45. The molecule has 2 fully saturated rings. The number of hydrogen-bond acceptors (Lipinski definition) is 8. The van der Waals surface area contributed by atoms with Crippen molar-refractivity contribution in [1.82, 2.24) is 15.2 Å². The second-order valence-electron chi connectivity index (χ2n) is 12.5. The number of aryl methyl sites for hydroxylation is 1. The maximum absolute atomic E-state index is 12.8. The average Bonchev–Trinajstić information content (AvgIpc) is 3.37. The number of thiophene rings is 1. The van der Waals surface area contributed by atoms with Crippen LogP contribution in [0.25, 0.3) is 10.2 Å². The Balaban J connectivity index is 1.08. The van der Waals surface area contributed by atoms with Crippen LogP contribution in [-0.4, -0.2) is 58.6 Å². The van der Waals surface area contributed by atoms with E-state index in [-0.39, 0.29) is 24.0 Å². The fourth-order valence-electron chi connectivity index (χ4n) is 6.45. The van der Waals surface area contributed by atoms with Gasteiger partial charge in [-0.15, -0.1) is 11.3 Å². The number of amides is 1. The molecular formula is C31H39N5O3S. The normalized spacial score (nSPS) is 22.4. The molecule has 3 N–H and O–H groups in total. The number of aromatic nitrogens is 1. The molecule has 1 amide bonds. The summed E-state index contributed by atoms with van der Waals surface area (Å²) in [5, 5.41) is 4.65. The summed E-state index contributed by atoms with van der Waals surface area (Å²) < 4.78 is 5.71. The molecule has 9 heteroatoms. The van der Waals surface area contributed by atoms with Gasteiger partial charge in [0.15, 0.2) is 5.78 Å².